The standard InChI is InChI=1S/C16H29NO3/c1-4-17(15-10-20-9-13(15)16(18)19)14-8-6-5-7-12(14)11(2)3/h11-15H,4-10H2,1-3H3,(H,18,19). The number of ether oxygens (including phenoxy) is 1. The van der Waals surface area contributed by atoms with Gasteiger partial charge in [0.05, 0.1) is 19.1 Å². The number of rotatable bonds is 5. The van der Waals surface area contributed by atoms with Crippen molar-refractivity contribution in [3.05, 3.63) is 0 Å². The summed E-state index contributed by atoms with van der Waals surface area (Å²) in [6, 6.07) is 0.587. The summed E-state index contributed by atoms with van der Waals surface area (Å²) < 4.78 is 5.48. The predicted molar refractivity (Wildman–Crippen MR) is 78.7 cm³/mol. The zero-order chi connectivity index (χ0) is 14.7. The van der Waals surface area contributed by atoms with Gasteiger partial charge < -0.3 is 9.84 Å². The van der Waals surface area contributed by atoms with Gasteiger partial charge in [-0.05, 0) is 31.2 Å². The van der Waals surface area contributed by atoms with Gasteiger partial charge in [-0.25, -0.2) is 0 Å². The molecule has 20 heavy (non-hydrogen) atoms. The summed E-state index contributed by atoms with van der Waals surface area (Å²) in [5.41, 5.74) is 0. The van der Waals surface area contributed by atoms with E-state index in [4.69, 9.17) is 4.74 Å². The molecule has 1 N–H and O–H groups in total. The molecule has 0 aromatic heterocycles. The van der Waals surface area contributed by atoms with E-state index in [-0.39, 0.29) is 12.0 Å². The smallest absolute Gasteiger partial charge is 0.310 e. The molecule has 4 atom stereocenters. The number of likely N-dealkylation sites (N-methyl/N-ethyl adjacent to an activating group) is 1. The van der Waals surface area contributed by atoms with Crippen molar-refractivity contribution in [3.63, 3.8) is 0 Å². The number of carboxylic acid groups (broad SMARTS) is 1. The van der Waals surface area contributed by atoms with E-state index in [1.807, 2.05) is 0 Å². The van der Waals surface area contributed by atoms with E-state index in [0.29, 0.717) is 31.1 Å². The summed E-state index contributed by atoms with van der Waals surface area (Å²) >= 11 is 0. The molecule has 2 aliphatic rings. The molecule has 1 saturated carbocycles. The molecule has 0 bridgehead atoms. The van der Waals surface area contributed by atoms with Crippen molar-refractivity contribution in [2.45, 2.75) is 58.5 Å². The molecule has 1 heterocycles. The monoisotopic (exact) mass is 283 g/mol. The first-order valence-electron chi connectivity index (χ1n) is 8.12. The lowest BCUT2D eigenvalue weighted by molar-refractivity contribution is -0.143. The van der Waals surface area contributed by atoms with Crippen LogP contribution in [0.5, 0.6) is 0 Å². The Hall–Kier alpha value is -0.610. The zero-order valence-corrected chi connectivity index (χ0v) is 13.0. The molecule has 0 aromatic carbocycles. The molecule has 2 fully saturated rings. The lowest BCUT2D eigenvalue weighted by atomic mass is 9.76. The van der Waals surface area contributed by atoms with Crippen LogP contribution in [-0.4, -0.2) is 47.8 Å². The highest BCUT2D eigenvalue weighted by molar-refractivity contribution is 5.71. The van der Waals surface area contributed by atoms with Crippen molar-refractivity contribution < 1.29 is 14.6 Å². The van der Waals surface area contributed by atoms with Crippen molar-refractivity contribution in [1.82, 2.24) is 4.90 Å². The van der Waals surface area contributed by atoms with Gasteiger partial charge in [0.15, 0.2) is 0 Å². The fourth-order valence-electron chi connectivity index (χ4n) is 4.15. The van der Waals surface area contributed by atoms with E-state index < -0.39 is 5.97 Å². The Bertz CT molecular complexity index is 332. The van der Waals surface area contributed by atoms with Crippen molar-refractivity contribution in [2.75, 3.05) is 19.8 Å². The minimum Gasteiger partial charge on any atom is -0.481 e. The molecule has 4 nitrogen and oxygen atoms in total. The normalized spacial score (nSPS) is 34.9. The second-order valence-corrected chi connectivity index (χ2v) is 6.64. The van der Waals surface area contributed by atoms with Crippen molar-refractivity contribution >= 4 is 5.97 Å². The van der Waals surface area contributed by atoms with Gasteiger partial charge >= 0.3 is 5.97 Å². The van der Waals surface area contributed by atoms with Crippen LogP contribution < -0.4 is 0 Å². The summed E-state index contributed by atoms with van der Waals surface area (Å²) in [6.07, 6.45) is 5.08. The Kier molecular flexibility index (Phi) is 5.44. The molecule has 1 aliphatic carbocycles. The summed E-state index contributed by atoms with van der Waals surface area (Å²) in [5, 5.41) is 9.39. The van der Waals surface area contributed by atoms with Crippen LogP contribution in [0.3, 0.4) is 0 Å². The molecule has 4 heteroatoms. The number of hydrogen-bond donors (Lipinski definition) is 1. The number of aliphatic carboxylic acids is 1. The highest BCUT2D eigenvalue weighted by Gasteiger charge is 2.42. The Balaban J connectivity index is 2.15. The van der Waals surface area contributed by atoms with E-state index in [1.165, 1.54) is 25.7 Å². The fourth-order valence-corrected chi connectivity index (χ4v) is 4.15. The molecule has 1 aliphatic heterocycles. The summed E-state index contributed by atoms with van der Waals surface area (Å²) in [5.74, 6) is 0.297. The van der Waals surface area contributed by atoms with E-state index >= 15 is 0 Å². The largest absolute Gasteiger partial charge is 0.481 e. The Labute approximate surface area is 122 Å². The molecule has 0 spiro atoms. The SMILES string of the molecule is CCN(C1COCC1C(=O)O)C1CCCCC1C(C)C. The lowest BCUT2D eigenvalue weighted by Gasteiger charge is -2.44. The van der Waals surface area contributed by atoms with E-state index in [1.54, 1.807) is 0 Å². The van der Waals surface area contributed by atoms with Gasteiger partial charge in [0.25, 0.3) is 0 Å². The Morgan fingerprint density at radius 1 is 1.25 bits per heavy atom. The summed E-state index contributed by atoms with van der Waals surface area (Å²) in [4.78, 5) is 13.9. The average Bonchev–Trinajstić information content (AvgIpc) is 2.89. The second-order valence-electron chi connectivity index (χ2n) is 6.64. The predicted octanol–water partition coefficient (Wildman–Crippen LogP) is 2.62. The number of carbonyl (C=O) groups is 1. The van der Waals surface area contributed by atoms with Crippen LogP contribution in [0.2, 0.25) is 0 Å². The van der Waals surface area contributed by atoms with Crippen molar-refractivity contribution in [2.24, 2.45) is 17.8 Å². The molecule has 1 saturated heterocycles. The molecule has 4 unspecified atom stereocenters. The third-order valence-electron chi connectivity index (χ3n) is 5.22. The Morgan fingerprint density at radius 3 is 2.55 bits per heavy atom. The number of hydrogen-bond acceptors (Lipinski definition) is 3. The maximum absolute atomic E-state index is 11.4. The maximum atomic E-state index is 11.4. The first kappa shape index (κ1) is 15.8. The van der Waals surface area contributed by atoms with Gasteiger partial charge in [-0.2, -0.15) is 0 Å². The number of nitrogens with zero attached hydrogens (tertiary/aromatic N) is 1. The highest BCUT2D eigenvalue weighted by Crippen LogP contribution is 2.36. The fraction of sp³-hybridized carbons (Fsp3) is 0.938. The highest BCUT2D eigenvalue weighted by atomic mass is 16.5. The summed E-state index contributed by atoms with van der Waals surface area (Å²) in [7, 11) is 0. The van der Waals surface area contributed by atoms with Crippen LogP contribution >= 0.6 is 0 Å². The molecule has 0 radical (unpaired) electrons. The van der Waals surface area contributed by atoms with E-state index in [9.17, 15) is 9.90 Å². The molecule has 0 aromatic rings. The topological polar surface area (TPSA) is 49.8 Å². The third-order valence-corrected chi connectivity index (χ3v) is 5.22. The first-order valence-corrected chi connectivity index (χ1v) is 8.12. The van der Waals surface area contributed by atoms with Crippen LogP contribution in [0.4, 0.5) is 0 Å². The third kappa shape index (κ3) is 3.17. The second kappa shape index (κ2) is 6.90. The molecule has 0 amide bonds. The van der Waals surface area contributed by atoms with Gasteiger partial charge in [-0.3, -0.25) is 9.69 Å². The van der Waals surface area contributed by atoms with Gasteiger partial charge in [0, 0.05) is 12.1 Å². The van der Waals surface area contributed by atoms with Crippen LogP contribution in [0, 0.1) is 17.8 Å². The maximum Gasteiger partial charge on any atom is 0.310 e. The van der Waals surface area contributed by atoms with Gasteiger partial charge in [0.1, 0.15) is 0 Å². The van der Waals surface area contributed by atoms with Crippen LogP contribution in [-0.2, 0) is 9.53 Å². The van der Waals surface area contributed by atoms with Gasteiger partial charge in [-0.1, -0.05) is 33.6 Å². The molecular formula is C16H29NO3. The average molecular weight is 283 g/mol. The Morgan fingerprint density at radius 2 is 1.95 bits per heavy atom. The van der Waals surface area contributed by atoms with Crippen LogP contribution in [0.25, 0.3) is 0 Å². The zero-order valence-electron chi connectivity index (χ0n) is 13.0. The minimum absolute atomic E-state index is 0.0573. The van der Waals surface area contributed by atoms with E-state index in [0.717, 1.165) is 6.54 Å². The van der Waals surface area contributed by atoms with Crippen LogP contribution in [0.15, 0.2) is 0 Å². The van der Waals surface area contributed by atoms with Crippen molar-refractivity contribution in [1.29, 1.82) is 0 Å². The van der Waals surface area contributed by atoms with Crippen LogP contribution in [0.1, 0.15) is 46.5 Å². The molecular weight excluding hydrogens is 254 g/mol. The van der Waals surface area contributed by atoms with Gasteiger partial charge in [0.2, 0.25) is 0 Å². The van der Waals surface area contributed by atoms with Gasteiger partial charge in [-0.15, -0.1) is 0 Å². The molecule has 116 valence electrons. The lowest BCUT2D eigenvalue weighted by Crippen LogP contribution is -2.52. The molecule has 2 rings (SSSR count). The first-order chi connectivity index (χ1) is 9.56. The minimum atomic E-state index is -0.706. The quantitative estimate of drug-likeness (QED) is 0.842. The van der Waals surface area contributed by atoms with E-state index in [2.05, 4.69) is 25.7 Å². The van der Waals surface area contributed by atoms with Crippen molar-refractivity contribution in [3.8, 4) is 0 Å². The summed E-state index contributed by atoms with van der Waals surface area (Å²) in [6.45, 7) is 8.63. The number of carboxylic acids is 1.